The highest BCUT2D eigenvalue weighted by Gasteiger charge is 2.19. The van der Waals surface area contributed by atoms with Crippen molar-refractivity contribution < 1.29 is 19.6 Å². The number of rotatable bonds is 7. The van der Waals surface area contributed by atoms with E-state index >= 15 is 0 Å². The van der Waals surface area contributed by atoms with Crippen LogP contribution in [0.1, 0.15) is 20.8 Å². The highest BCUT2D eigenvalue weighted by atomic mass is 16.6. The lowest BCUT2D eigenvalue weighted by Gasteiger charge is -2.21. The van der Waals surface area contributed by atoms with Crippen LogP contribution in [0.4, 0.5) is 11.4 Å². The number of aliphatic carboxylic acids is 1. The number of carbonyl (C=O) groups is 1. The number of carboxylic acid groups (broad SMARTS) is 1. The van der Waals surface area contributed by atoms with E-state index in [4.69, 9.17) is 9.84 Å². The summed E-state index contributed by atoms with van der Waals surface area (Å²) in [5.74, 6) is -0.817. The Morgan fingerprint density at radius 1 is 1.50 bits per heavy atom. The molecule has 0 atom stereocenters. The number of benzene rings is 1. The molecular weight excluding hydrogens is 264 g/mol. The summed E-state index contributed by atoms with van der Waals surface area (Å²) in [6.45, 7) is 5.66. The van der Waals surface area contributed by atoms with E-state index in [2.05, 4.69) is 0 Å². The van der Waals surface area contributed by atoms with Crippen LogP contribution in [0.2, 0.25) is 0 Å². The van der Waals surface area contributed by atoms with Crippen LogP contribution in [0.5, 0.6) is 5.75 Å². The minimum atomic E-state index is -0.962. The first kappa shape index (κ1) is 15.7. The van der Waals surface area contributed by atoms with Gasteiger partial charge in [0, 0.05) is 24.4 Å². The summed E-state index contributed by atoms with van der Waals surface area (Å²) in [6, 6.07) is 4.36. The Morgan fingerprint density at radius 2 is 2.15 bits per heavy atom. The average Bonchev–Trinajstić information content (AvgIpc) is 2.34. The van der Waals surface area contributed by atoms with E-state index in [1.54, 1.807) is 18.7 Å². The zero-order valence-electron chi connectivity index (χ0n) is 11.7. The van der Waals surface area contributed by atoms with Crippen LogP contribution in [0, 0.1) is 10.1 Å². The number of hydrogen-bond donors (Lipinski definition) is 1. The lowest BCUT2D eigenvalue weighted by atomic mass is 10.2. The van der Waals surface area contributed by atoms with E-state index in [9.17, 15) is 14.9 Å². The largest absolute Gasteiger partial charge is 0.484 e. The summed E-state index contributed by atoms with van der Waals surface area (Å²) >= 11 is 0. The normalized spacial score (nSPS) is 10.4. The fourth-order valence-electron chi connectivity index (χ4n) is 1.75. The van der Waals surface area contributed by atoms with Crippen molar-refractivity contribution in [1.29, 1.82) is 0 Å². The Balaban J connectivity index is 3.16. The summed E-state index contributed by atoms with van der Waals surface area (Å²) < 4.78 is 5.43. The Morgan fingerprint density at radius 3 is 2.60 bits per heavy atom. The van der Waals surface area contributed by atoms with Crippen molar-refractivity contribution in [3.8, 4) is 5.75 Å². The van der Waals surface area contributed by atoms with Gasteiger partial charge < -0.3 is 14.7 Å². The lowest BCUT2D eigenvalue weighted by Crippen LogP contribution is -2.29. The minimum Gasteiger partial charge on any atom is -0.484 e. The van der Waals surface area contributed by atoms with Gasteiger partial charge in [-0.15, -0.1) is 0 Å². The van der Waals surface area contributed by atoms with Gasteiger partial charge >= 0.3 is 11.7 Å². The molecule has 0 aliphatic heterocycles. The number of nitrogens with zero attached hydrogens (tertiary/aromatic N) is 2. The molecule has 1 aromatic carbocycles. The molecule has 110 valence electrons. The standard InChI is InChI=1S/C13H18N2O5/c1-4-14(8-13(16)17)10-5-6-11(15(18)19)12(7-10)20-9(2)3/h5-7,9H,4,8H2,1-3H3,(H,16,17). The molecule has 0 unspecified atom stereocenters. The van der Waals surface area contributed by atoms with Crippen molar-refractivity contribution in [3.63, 3.8) is 0 Å². The Bertz CT molecular complexity index is 502. The Labute approximate surface area is 116 Å². The van der Waals surface area contributed by atoms with Gasteiger partial charge in [-0.2, -0.15) is 0 Å². The molecule has 7 nitrogen and oxygen atoms in total. The first-order chi connectivity index (χ1) is 9.35. The smallest absolute Gasteiger partial charge is 0.323 e. The second-order valence-electron chi connectivity index (χ2n) is 4.48. The predicted molar refractivity (Wildman–Crippen MR) is 74.4 cm³/mol. The molecule has 0 spiro atoms. The van der Waals surface area contributed by atoms with Crippen molar-refractivity contribution >= 4 is 17.3 Å². The second-order valence-corrected chi connectivity index (χ2v) is 4.48. The molecule has 1 N–H and O–H groups in total. The van der Waals surface area contributed by atoms with Crippen LogP contribution in [0.3, 0.4) is 0 Å². The van der Waals surface area contributed by atoms with E-state index in [0.717, 1.165) is 0 Å². The molecule has 0 aromatic heterocycles. The fourth-order valence-corrected chi connectivity index (χ4v) is 1.75. The fraction of sp³-hybridized carbons (Fsp3) is 0.462. The molecule has 1 aromatic rings. The number of hydrogen-bond acceptors (Lipinski definition) is 5. The summed E-state index contributed by atoms with van der Waals surface area (Å²) in [5, 5.41) is 19.8. The summed E-state index contributed by atoms with van der Waals surface area (Å²) in [7, 11) is 0. The van der Waals surface area contributed by atoms with Gasteiger partial charge in [0.2, 0.25) is 0 Å². The minimum absolute atomic E-state index is 0.131. The molecule has 0 amide bonds. The highest BCUT2D eigenvalue weighted by Crippen LogP contribution is 2.32. The Kier molecular flexibility index (Phi) is 5.31. The topological polar surface area (TPSA) is 92.9 Å². The van der Waals surface area contributed by atoms with Gasteiger partial charge in [-0.3, -0.25) is 14.9 Å². The van der Waals surface area contributed by atoms with Crippen LogP contribution in [0.25, 0.3) is 0 Å². The molecule has 0 saturated carbocycles. The van der Waals surface area contributed by atoms with Gasteiger partial charge in [0.15, 0.2) is 5.75 Å². The molecule has 1 rings (SSSR count). The SMILES string of the molecule is CCN(CC(=O)O)c1ccc([N+](=O)[O-])c(OC(C)C)c1. The number of anilines is 1. The molecule has 0 heterocycles. The van der Waals surface area contributed by atoms with Crippen molar-refractivity contribution in [2.75, 3.05) is 18.0 Å². The monoisotopic (exact) mass is 282 g/mol. The molecule has 0 aliphatic carbocycles. The molecule has 0 bridgehead atoms. The van der Waals surface area contributed by atoms with Gasteiger partial charge in [-0.1, -0.05) is 0 Å². The highest BCUT2D eigenvalue weighted by molar-refractivity contribution is 5.74. The number of nitro benzene ring substituents is 1. The van der Waals surface area contributed by atoms with E-state index in [-0.39, 0.29) is 24.1 Å². The third-order valence-electron chi connectivity index (χ3n) is 2.58. The third-order valence-corrected chi connectivity index (χ3v) is 2.58. The molecular formula is C13H18N2O5. The molecule has 0 fully saturated rings. The molecule has 0 saturated heterocycles. The molecule has 0 radical (unpaired) electrons. The first-order valence-electron chi connectivity index (χ1n) is 6.27. The maximum absolute atomic E-state index is 10.9. The second kappa shape index (κ2) is 6.74. The van der Waals surface area contributed by atoms with Gasteiger partial charge in [0.25, 0.3) is 0 Å². The van der Waals surface area contributed by atoms with Gasteiger partial charge in [-0.05, 0) is 26.8 Å². The summed E-state index contributed by atoms with van der Waals surface area (Å²) in [6.07, 6.45) is -0.210. The summed E-state index contributed by atoms with van der Waals surface area (Å²) in [5.41, 5.74) is 0.449. The van der Waals surface area contributed by atoms with E-state index in [1.807, 2.05) is 6.92 Å². The zero-order chi connectivity index (χ0) is 15.3. The van der Waals surface area contributed by atoms with Gasteiger partial charge in [0.1, 0.15) is 6.54 Å². The number of nitro groups is 1. The predicted octanol–water partition coefficient (Wildman–Crippen LogP) is 2.29. The molecule has 7 heteroatoms. The van der Waals surface area contributed by atoms with Crippen molar-refractivity contribution in [1.82, 2.24) is 0 Å². The quantitative estimate of drug-likeness (QED) is 0.609. The van der Waals surface area contributed by atoms with Gasteiger partial charge in [-0.25, -0.2) is 0 Å². The van der Waals surface area contributed by atoms with E-state index < -0.39 is 10.9 Å². The lowest BCUT2D eigenvalue weighted by molar-refractivity contribution is -0.386. The number of likely N-dealkylation sites (N-methyl/N-ethyl adjacent to an activating group) is 1. The van der Waals surface area contributed by atoms with Crippen molar-refractivity contribution in [3.05, 3.63) is 28.3 Å². The third kappa shape index (κ3) is 4.11. The van der Waals surface area contributed by atoms with Crippen LogP contribution < -0.4 is 9.64 Å². The van der Waals surface area contributed by atoms with Crippen molar-refractivity contribution in [2.24, 2.45) is 0 Å². The van der Waals surface area contributed by atoms with Crippen LogP contribution in [-0.2, 0) is 4.79 Å². The van der Waals surface area contributed by atoms with Crippen LogP contribution in [-0.4, -0.2) is 35.2 Å². The van der Waals surface area contributed by atoms with Crippen LogP contribution >= 0.6 is 0 Å². The number of carboxylic acids is 1. The maximum atomic E-state index is 10.9. The Hall–Kier alpha value is -2.31. The van der Waals surface area contributed by atoms with E-state index in [1.165, 1.54) is 18.2 Å². The van der Waals surface area contributed by atoms with E-state index in [0.29, 0.717) is 12.2 Å². The molecule has 20 heavy (non-hydrogen) atoms. The summed E-state index contributed by atoms with van der Waals surface area (Å²) in [4.78, 5) is 22.8. The first-order valence-corrected chi connectivity index (χ1v) is 6.27. The van der Waals surface area contributed by atoms with Crippen LogP contribution in [0.15, 0.2) is 18.2 Å². The average molecular weight is 282 g/mol. The maximum Gasteiger partial charge on any atom is 0.323 e. The van der Waals surface area contributed by atoms with Crippen molar-refractivity contribution in [2.45, 2.75) is 26.9 Å². The molecule has 0 aliphatic rings. The number of ether oxygens (including phenoxy) is 1. The van der Waals surface area contributed by atoms with Gasteiger partial charge in [0.05, 0.1) is 11.0 Å². The zero-order valence-corrected chi connectivity index (χ0v) is 11.7.